The Balaban J connectivity index is 1.75. The second-order valence-electron chi connectivity index (χ2n) is 7.04. The van der Waals surface area contributed by atoms with Crippen molar-refractivity contribution in [3.8, 4) is 11.4 Å². The van der Waals surface area contributed by atoms with Gasteiger partial charge in [0.25, 0.3) is 0 Å². The van der Waals surface area contributed by atoms with Gasteiger partial charge in [0.2, 0.25) is 0 Å². The molecular weight excluding hydrogens is 363 g/mol. The first-order chi connectivity index (χ1) is 14.2. The number of imidazole rings is 1. The number of aromatic nitrogens is 4. The highest BCUT2D eigenvalue weighted by atomic mass is 19.1. The maximum absolute atomic E-state index is 14.3. The van der Waals surface area contributed by atoms with Crippen LogP contribution in [0.15, 0.2) is 73.6 Å². The van der Waals surface area contributed by atoms with Gasteiger partial charge in [-0.25, -0.2) is 9.37 Å². The lowest BCUT2D eigenvalue weighted by Gasteiger charge is -2.10. The van der Waals surface area contributed by atoms with Crippen molar-refractivity contribution < 1.29 is 4.39 Å². The van der Waals surface area contributed by atoms with Crippen molar-refractivity contribution in [3.63, 3.8) is 0 Å². The molecular formula is C24H19FN4. The monoisotopic (exact) mass is 382 g/mol. The third-order valence-corrected chi connectivity index (χ3v) is 5.32. The summed E-state index contributed by atoms with van der Waals surface area (Å²) in [6, 6.07) is 17.3. The molecule has 0 spiro atoms. The van der Waals surface area contributed by atoms with Crippen molar-refractivity contribution in [2.75, 3.05) is 0 Å². The Hall–Kier alpha value is -3.73. The first-order valence-corrected chi connectivity index (χ1v) is 9.45. The van der Waals surface area contributed by atoms with Gasteiger partial charge in [-0.1, -0.05) is 30.9 Å². The molecule has 5 heteroatoms. The number of benzene rings is 1. The van der Waals surface area contributed by atoms with Crippen LogP contribution in [0.3, 0.4) is 0 Å². The van der Waals surface area contributed by atoms with Crippen molar-refractivity contribution in [3.05, 3.63) is 96.3 Å². The second-order valence-corrected chi connectivity index (χ2v) is 7.04. The average Bonchev–Trinajstić information content (AvgIpc) is 3.27. The summed E-state index contributed by atoms with van der Waals surface area (Å²) in [7, 11) is 0. The van der Waals surface area contributed by atoms with Crippen LogP contribution in [0.1, 0.15) is 17.0 Å². The number of nitrogens with zero attached hydrogens (tertiary/aromatic N) is 4. The molecule has 0 saturated carbocycles. The van der Waals surface area contributed by atoms with Gasteiger partial charge in [-0.3, -0.25) is 4.98 Å². The van der Waals surface area contributed by atoms with E-state index in [-0.39, 0.29) is 5.82 Å². The summed E-state index contributed by atoms with van der Waals surface area (Å²) in [5.74, 6) is -0.307. The van der Waals surface area contributed by atoms with Crippen molar-refractivity contribution in [2.45, 2.75) is 13.5 Å². The maximum Gasteiger partial charge on any atom is 0.146 e. The third kappa shape index (κ3) is 2.83. The molecule has 4 heterocycles. The Kier molecular flexibility index (Phi) is 4.02. The summed E-state index contributed by atoms with van der Waals surface area (Å²) in [6.07, 6.45) is 5.44. The van der Waals surface area contributed by atoms with Crippen molar-refractivity contribution in [2.24, 2.45) is 0 Å². The highest BCUT2D eigenvalue weighted by molar-refractivity contribution is 5.87. The largest absolute Gasteiger partial charge is 0.333 e. The van der Waals surface area contributed by atoms with E-state index in [0.717, 1.165) is 39.2 Å². The first kappa shape index (κ1) is 17.4. The Morgan fingerprint density at radius 2 is 1.97 bits per heavy atom. The minimum atomic E-state index is -0.307. The lowest BCUT2D eigenvalue weighted by atomic mass is 10.2. The van der Waals surface area contributed by atoms with Gasteiger partial charge in [0.15, 0.2) is 0 Å². The minimum absolute atomic E-state index is 0.307. The molecule has 29 heavy (non-hydrogen) atoms. The second kappa shape index (κ2) is 6.71. The highest BCUT2D eigenvalue weighted by Crippen LogP contribution is 2.31. The molecule has 4 nitrogen and oxygen atoms in total. The molecule has 0 amide bonds. The Labute approximate surface area is 167 Å². The summed E-state index contributed by atoms with van der Waals surface area (Å²) in [6.45, 7) is 6.22. The normalized spacial score (nSPS) is 11.4. The van der Waals surface area contributed by atoms with E-state index in [1.54, 1.807) is 12.3 Å². The lowest BCUT2D eigenvalue weighted by Crippen LogP contribution is -2.06. The molecule has 5 rings (SSSR count). The molecule has 4 aromatic heterocycles. The quantitative estimate of drug-likeness (QED) is 0.412. The molecule has 5 aromatic rings. The van der Waals surface area contributed by atoms with Crippen LogP contribution >= 0.6 is 0 Å². The zero-order valence-corrected chi connectivity index (χ0v) is 16.0. The summed E-state index contributed by atoms with van der Waals surface area (Å²) in [4.78, 5) is 9.14. The standard InChI is InChI=1S/C24H19FN4/c1-3-17-10-12-28-16(2)24(27-23(28)13-17)22-14-18-7-4-5-9-21(18)29(22)15-20-19(25)8-6-11-26-20/h3-14H,1,15H2,2H3. The van der Waals surface area contributed by atoms with Crippen molar-refractivity contribution >= 4 is 22.6 Å². The summed E-state index contributed by atoms with van der Waals surface area (Å²) in [5, 5.41) is 1.09. The smallest absolute Gasteiger partial charge is 0.146 e. The van der Waals surface area contributed by atoms with Crippen molar-refractivity contribution in [1.29, 1.82) is 0 Å². The van der Waals surface area contributed by atoms with Gasteiger partial charge in [0.05, 0.1) is 17.9 Å². The Morgan fingerprint density at radius 3 is 2.79 bits per heavy atom. The minimum Gasteiger partial charge on any atom is -0.333 e. The van der Waals surface area contributed by atoms with E-state index in [0.29, 0.717) is 12.2 Å². The Morgan fingerprint density at radius 1 is 1.10 bits per heavy atom. The van der Waals surface area contributed by atoms with Gasteiger partial charge in [-0.15, -0.1) is 0 Å². The average molecular weight is 382 g/mol. The molecule has 1 aromatic carbocycles. The molecule has 0 aliphatic rings. The zero-order valence-electron chi connectivity index (χ0n) is 16.0. The predicted octanol–water partition coefficient (Wildman–Crippen LogP) is 5.49. The molecule has 142 valence electrons. The number of pyridine rings is 2. The summed E-state index contributed by atoms with van der Waals surface area (Å²) in [5.41, 5.74) is 6.15. The van der Waals surface area contributed by atoms with Gasteiger partial charge in [-0.05, 0) is 48.9 Å². The number of rotatable bonds is 4. The fourth-order valence-corrected chi connectivity index (χ4v) is 3.81. The van der Waals surface area contributed by atoms with Crippen LogP contribution in [0.25, 0.3) is 34.0 Å². The van der Waals surface area contributed by atoms with Crippen LogP contribution in [-0.2, 0) is 6.54 Å². The lowest BCUT2D eigenvalue weighted by molar-refractivity contribution is 0.590. The van der Waals surface area contributed by atoms with E-state index in [2.05, 4.69) is 32.7 Å². The van der Waals surface area contributed by atoms with E-state index < -0.39 is 0 Å². The molecule has 0 aliphatic heterocycles. The Bertz CT molecular complexity index is 1380. The molecule has 0 aliphatic carbocycles. The van der Waals surface area contributed by atoms with Crippen LogP contribution in [0.2, 0.25) is 0 Å². The van der Waals surface area contributed by atoms with Gasteiger partial charge in [0.1, 0.15) is 17.2 Å². The van der Waals surface area contributed by atoms with Crippen LogP contribution in [0.5, 0.6) is 0 Å². The van der Waals surface area contributed by atoms with Crippen molar-refractivity contribution in [1.82, 2.24) is 18.9 Å². The van der Waals surface area contributed by atoms with Gasteiger partial charge in [-0.2, -0.15) is 0 Å². The number of halogens is 1. The van der Waals surface area contributed by atoms with Gasteiger partial charge < -0.3 is 8.97 Å². The number of hydrogen-bond donors (Lipinski definition) is 0. The molecule has 0 radical (unpaired) electrons. The third-order valence-electron chi connectivity index (χ3n) is 5.32. The molecule has 0 unspecified atom stereocenters. The molecule has 0 fully saturated rings. The van der Waals surface area contributed by atoms with E-state index in [1.165, 1.54) is 6.07 Å². The number of aryl methyl sites for hydroxylation is 1. The molecule has 0 saturated heterocycles. The number of fused-ring (bicyclic) bond motifs is 2. The van der Waals surface area contributed by atoms with Gasteiger partial charge in [0, 0.05) is 29.0 Å². The molecule has 0 bridgehead atoms. The van der Waals surface area contributed by atoms with Crippen LogP contribution in [0.4, 0.5) is 4.39 Å². The first-order valence-electron chi connectivity index (χ1n) is 9.45. The van der Waals surface area contributed by atoms with Crippen LogP contribution < -0.4 is 0 Å². The summed E-state index contributed by atoms with van der Waals surface area (Å²) < 4.78 is 18.5. The topological polar surface area (TPSA) is 35.1 Å². The SMILES string of the molecule is C=Cc1ccn2c(C)c(-c3cc4ccccc4n3Cc3ncccc3F)nc2c1. The zero-order chi connectivity index (χ0) is 20.0. The van der Waals surface area contributed by atoms with E-state index >= 15 is 0 Å². The number of hydrogen-bond acceptors (Lipinski definition) is 2. The molecule has 0 N–H and O–H groups in total. The fraction of sp³-hybridized carbons (Fsp3) is 0.0833. The number of para-hydroxylation sites is 1. The maximum atomic E-state index is 14.3. The van der Waals surface area contributed by atoms with E-state index in [1.807, 2.05) is 49.5 Å². The van der Waals surface area contributed by atoms with Crippen LogP contribution in [0, 0.1) is 12.7 Å². The van der Waals surface area contributed by atoms with E-state index in [4.69, 9.17) is 4.98 Å². The fourth-order valence-electron chi connectivity index (χ4n) is 3.81. The van der Waals surface area contributed by atoms with E-state index in [9.17, 15) is 4.39 Å². The van der Waals surface area contributed by atoms with Crippen LogP contribution in [-0.4, -0.2) is 18.9 Å². The highest BCUT2D eigenvalue weighted by Gasteiger charge is 2.18. The molecule has 0 atom stereocenters. The predicted molar refractivity (Wildman–Crippen MR) is 114 cm³/mol. The summed E-state index contributed by atoms with van der Waals surface area (Å²) >= 11 is 0. The van der Waals surface area contributed by atoms with Gasteiger partial charge >= 0.3 is 0 Å².